The maximum atomic E-state index is 10.5. The van der Waals surface area contributed by atoms with Gasteiger partial charge in [-0.1, -0.05) is 37.1 Å². The second kappa shape index (κ2) is 7.65. The van der Waals surface area contributed by atoms with E-state index in [9.17, 15) is 4.79 Å². The highest BCUT2D eigenvalue weighted by Gasteiger charge is 2.08. The van der Waals surface area contributed by atoms with Gasteiger partial charge in [0.1, 0.15) is 0 Å². The van der Waals surface area contributed by atoms with E-state index in [1.165, 1.54) is 44.3 Å². The minimum atomic E-state index is -0.654. The number of likely N-dealkylation sites (tertiary alicyclic amines) is 1. The molecule has 0 saturated carbocycles. The SMILES string of the molecule is NC(=O)NN=Cc1ccc(CN2CCCCCC2)cc1. The Balaban J connectivity index is 1.87. The number of hydrazone groups is 1. The molecule has 20 heavy (non-hydrogen) atoms. The van der Waals surface area contributed by atoms with Gasteiger partial charge in [0, 0.05) is 6.54 Å². The van der Waals surface area contributed by atoms with Crippen LogP contribution >= 0.6 is 0 Å². The van der Waals surface area contributed by atoms with Gasteiger partial charge in [-0.2, -0.15) is 5.10 Å². The van der Waals surface area contributed by atoms with Crippen molar-refractivity contribution in [2.45, 2.75) is 32.2 Å². The summed E-state index contributed by atoms with van der Waals surface area (Å²) in [7, 11) is 0. The Morgan fingerprint density at radius 2 is 1.85 bits per heavy atom. The summed E-state index contributed by atoms with van der Waals surface area (Å²) >= 11 is 0. The van der Waals surface area contributed by atoms with E-state index in [1.807, 2.05) is 12.1 Å². The first-order chi connectivity index (χ1) is 9.74. The van der Waals surface area contributed by atoms with Gasteiger partial charge in [-0.3, -0.25) is 4.90 Å². The summed E-state index contributed by atoms with van der Waals surface area (Å²) in [5, 5.41) is 3.74. The molecule has 0 bridgehead atoms. The zero-order valence-corrected chi connectivity index (χ0v) is 11.7. The van der Waals surface area contributed by atoms with E-state index in [1.54, 1.807) is 6.21 Å². The minimum Gasteiger partial charge on any atom is -0.350 e. The van der Waals surface area contributed by atoms with Crippen LogP contribution in [-0.2, 0) is 6.54 Å². The Bertz CT molecular complexity index is 447. The van der Waals surface area contributed by atoms with Crippen LogP contribution in [0.1, 0.15) is 36.8 Å². The normalized spacial score (nSPS) is 17.0. The molecule has 1 aliphatic heterocycles. The number of urea groups is 1. The van der Waals surface area contributed by atoms with Crippen molar-refractivity contribution in [1.82, 2.24) is 10.3 Å². The van der Waals surface area contributed by atoms with Crippen LogP contribution < -0.4 is 11.2 Å². The molecule has 0 radical (unpaired) electrons. The molecule has 5 heteroatoms. The number of hydrogen-bond donors (Lipinski definition) is 2. The molecular formula is C15H22N4O. The van der Waals surface area contributed by atoms with Gasteiger partial charge in [0.2, 0.25) is 0 Å². The van der Waals surface area contributed by atoms with E-state index in [4.69, 9.17) is 5.73 Å². The summed E-state index contributed by atoms with van der Waals surface area (Å²) in [5.41, 5.74) is 9.36. The summed E-state index contributed by atoms with van der Waals surface area (Å²) < 4.78 is 0. The molecule has 0 aliphatic carbocycles. The largest absolute Gasteiger partial charge is 0.350 e. The predicted octanol–water partition coefficient (Wildman–Crippen LogP) is 2.06. The van der Waals surface area contributed by atoms with Crippen molar-refractivity contribution < 1.29 is 4.79 Å². The number of carbonyl (C=O) groups is 1. The van der Waals surface area contributed by atoms with Crippen molar-refractivity contribution >= 4 is 12.2 Å². The molecule has 3 N–H and O–H groups in total. The van der Waals surface area contributed by atoms with Crippen LogP contribution in [-0.4, -0.2) is 30.2 Å². The van der Waals surface area contributed by atoms with E-state index < -0.39 is 6.03 Å². The van der Waals surface area contributed by atoms with Crippen molar-refractivity contribution in [3.05, 3.63) is 35.4 Å². The number of benzene rings is 1. The molecule has 0 aromatic heterocycles. The first-order valence-electron chi connectivity index (χ1n) is 7.14. The topological polar surface area (TPSA) is 70.7 Å². The molecule has 1 saturated heterocycles. The molecular weight excluding hydrogens is 252 g/mol. The maximum absolute atomic E-state index is 10.5. The van der Waals surface area contributed by atoms with E-state index in [-0.39, 0.29) is 0 Å². The summed E-state index contributed by atoms with van der Waals surface area (Å²) in [6.07, 6.45) is 6.92. The minimum absolute atomic E-state index is 0.654. The van der Waals surface area contributed by atoms with Crippen LogP contribution in [0.25, 0.3) is 0 Å². The molecule has 108 valence electrons. The molecule has 2 amide bonds. The molecule has 0 atom stereocenters. The standard InChI is InChI=1S/C15H22N4O/c16-15(20)18-17-11-13-5-7-14(8-6-13)12-19-9-3-1-2-4-10-19/h5-8,11H,1-4,9-10,12H2,(H3,16,18,20). The van der Waals surface area contributed by atoms with Gasteiger partial charge in [0.15, 0.2) is 0 Å². The van der Waals surface area contributed by atoms with Gasteiger partial charge >= 0.3 is 6.03 Å². The van der Waals surface area contributed by atoms with Crippen LogP contribution in [0.3, 0.4) is 0 Å². The van der Waals surface area contributed by atoms with Crippen molar-refractivity contribution in [3.63, 3.8) is 0 Å². The van der Waals surface area contributed by atoms with Crippen LogP contribution in [0.5, 0.6) is 0 Å². The lowest BCUT2D eigenvalue weighted by atomic mass is 10.1. The smallest absolute Gasteiger partial charge is 0.332 e. The number of rotatable bonds is 4. The van der Waals surface area contributed by atoms with Gasteiger partial charge in [-0.15, -0.1) is 0 Å². The Morgan fingerprint density at radius 1 is 1.20 bits per heavy atom. The zero-order chi connectivity index (χ0) is 14.2. The number of hydrogen-bond acceptors (Lipinski definition) is 3. The first kappa shape index (κ1) is 14.5. The summed E-state index contributed by atoms with van der Waals surface area (Å²) in [6.45, 7) is 3.41. The van der Waals surface area contributed by atoms with Crippen molar-refractivity contribution in [2.75, 3.05) is 13.1 Å². The number of nitrogens with one attached hydrogen (secondary N) is 1. The lowest BCUT2D eigenvalue weighted by molar-refractivity contribution is 0.249. The number of nitrogens with zero attached hydrogens (tertiary/aromatic N) is 2. The number of carbonyl (C=O) groups excluding carboxylic acids is 1. The molecule has 2 rings (SSSR count). The third-order valence-corrected chi connectivity index (χ3v) is 3.47. The highest BCUT2D eigenvalue weighted by atomic mass is 16.2. The van der Waals surface area contributed by atoms with Crippen LogP contribution in [0.4, 0.5) is 4.79 Å². The average molecular weight is 274 g/mol. The average Bonchev–Trinajstić information content (AvgIpc) is 2.69. The molecule has 1 aliphatic rings. The van der Waals surface area contributed by atoms with Gasteiger partial charge in [0.25, 0.3) is 0 Å². The third-order valence-electron chi connectivity index (χ3n) is 3.47. The molecule has 1 heterocycles. The van der Waals surface area contributed by atoms with Crippen molar-refractivity contribution in [3.8, 4) is 0 Å². The van der Waals surface area contributed by atoms with Crippen LogP contribution in [0, 0.1) is 0 Å². The quantitative estimate of drug-likeness (QED) is 0.651. The van der Waals surface area contributed by atoms with E-state index in [2.05, 4.69) is 27.6 Å². The summed E-state index contributed by atoms with van der Waals surface area (Å²) in [5.74, 6) is 0. The van der Waals surface area contributed by atoms with E-state index in [0.717, 1.165) is 12.1 Å². The second-order valence-corrected chi connectivity index (χ2v) is 5.17. The van der Waals surface area contributed by atoms with Crippen molar-refractivity contribution in [1.29, 1.82) is 0 Å². The summed E-state index contributed by atoms with van der Waals surface area (Å²) in [6, 6.07) is 7.56. The fourth-order valence-corrected chi connectivity index (χ4v) is 2.43. The number of nitrogens with two attached hydrogens (primary N) is 1. The molecule has 1 fully saturated rings. The molecule has 1 aromatic carbocycles. The van der Waals surface area contributed by atoms with Crippen molar-refractivity contribution in [2.24, 2.45) is 10.8 Å². The fourth-order valence-electron chi connectivity index (χ4n) is 2.43. The monoisotopic (exact) mass is 274 g/mol. The Labute approximate surface area is 119 Å². The van der Waals surface area contributed by atoms with E-state index >= 15 is 0 Å². The van der Waals surface area contributed by atoms with E-state index in [0.29, 0.717) is 0 Å². The summed E-state index contributed by atoms with van der Waals surface area (Å²) in [4.78, 5) is 13.0. The van der Waals surface area contributed by atoms with Gasteiger partial charge in [0.05, 0.1) is 6.21 Å². The first-order valence-corrected chi connectivity index (χ1v) is 7.14. The highest BCUT2D eigenvalue weighted by molar-refractivity contribution is 5.81. The molecule has 1 aromatic rings. The Kier molecular flexibility index (Phi) is 5.55. The zero-order valence-electron chi connectivity index (χ0n) is 11.7. The number of amides is 2. The van der Waals surface area contributed by atoms with Gasteiger partial charge in [-0.25, -0.2) is 10.2 Å². The maximum Gasteiger partial charge on any atom is 0.332 e. The predicted molar refractivity (Wildman–Crippen MR) is 80.5 cm³/mol. The number of primary amides is 1. The van der Waals surface area contributed by atoms with Crippen LogP contribution in [0.2, 0.25) is 0 Å². The lowest BCUT2D eigenvalue weighted by Crippen LogP contribution is -2.24. The lowest BCUT2D eigenvalue weighted by Gasteiger charge is -2.19. The van der Waals surface area contributed by atoms with Crippen LogP contribution in [0.15, 0.2) is 29.4 Å². The molecule has 0 unspecified atom stereocenters. The Morgan fingerprint density at radius 3 is 2.45 bits per heavy atom. The molecule has 0 spiro atoms. The molecule has 5 nitrogen and oxygen atoms in total. The fraction of sp³-hybridized carbons (Fsp3) is 0.467. The van der Waals surface area contributed by atoms with Gasteiger partial charge in [-0.05, 0) is 37.1 Å². The second-order valence-electron chi connectivity index (χ2n) is 5.17. The third kappa shape index (κ3) is 5.01. The highest BCUT2D eigenvalue weighted by Crippen LogP contribution is 2.13. The Hall–Kier alpha value is -1.88. The van der Waals surface area contributed by atoms with Gasteiger partial charge < -0.3 is 5.73 Å².